The fourth-order valence-corrected chi connectivity index (χ4v) is 2.38. The highest BCUT2D eigenvalue weighted by Gasteiger charge is 2.87. The minimum absolute atomic E-state index is 0.931. The van der Waals surface area contributed by atoms with Gasteiger partial charge in [-0.25, -0.2) is 8.78 Å². The fourth-order valence-electron chi connectivity index (χ4n) is 2.38. The summed E-state index contributed by atoms with van der Waals surface area (Å²) in [6, 6.07) is 0. The highest BCUT2D eigenvalue weighted by molar-refractivity contribution is 5.42. The summed E-state index contributed by atoms with van der Waals surface area (Å²) in [6.45, 7) is 1.86. The maximum atomic E-state index is 14.3. The van der Waals surface area contributed by atoms with Crippen LogP contribution in [0.3, 0.4) is 0 Å². The van der Waals surface area contributed by atoms with Gasteiger partial charge in [-0.15, -0.1) is 0 Å². The molecule has 0 aliphatic carbocycles. The molecule has 0 aromatic carbocycles. The van der Waals surface area contributed by atoms with Crippen LogP contribution in [0.2, 0.25) is 0 Å². The normalized spacial score (nSPS) is 15.5. The van der Waals surface area contributed by atoms with Crippen molar-refractivity contribution in [3.05, 3.63) is 11.1 Å². The van der Waals surface area contributed by atoms with Crippen molar-refractivity contribution in [1.29, 1.82) is 0 Å². The number of allylic oxidation sites excluding steroid dienone is 2. The summed E-state index contributed by atoms with van der Waals surface area (Å²) in [4.78, 5) is 0. The molecule has 17 heteroatoms. The van der Waals surface area contributed by atoms with Crippen molar-refractivity contribution in [2.45, 2.75) is 68.9 Å². The first-order valence-corrected chi connectivity index (χ1v) is 7.63. The quantitative estimate of drug-likeness (QED) is 0.265. The van der Waals surface area contributed by atoms with Gasteiger partial charge in [0.2, 0.25) is 0 Å². The van der Waals surface area contributed by atoms with Crippen LogP contribution >= 0.6 is 0 Å². The number of hydrogen-bond donors (Lipinski definition) is 0. The summed E-state index contributed by atoms with van der Waals surface area (Å²) >= 11 is 0. The van der Waals surface area contributed by atoms with E-state index in [-0.39, 0.29) is 0 Å². The molecule has 0 aromatic rings. The maximum absolute atomic E-state index is 14.3. The molecule has 31 heavy (non-hydrogen) atoms. The van der Waals surface area contributed by atoms with Crippen molar-refractivity contribution in [2.75, 3.05) is 0 Å². The predicted molar refractivity (Wildman–Crippen MR) is 69.1 cm³/mol. The summed E-state index contributed by atoms with van der Waals surface area (Å²) in [6.07, 6.45) is -42.1. The van der Waals surface area contributed by atoms with E-state index in [0.717, 1.165) is 13.8 Å². The second-order valence-electron chi connectivity index (χ2n) is 6.59. The molecule has 0 heterocycles. The molecule has 0 amide bonds. The predicted octanol–water partition coefficient (Wildman–Crippen LogP) is 7.95. The van der Waals surface area contributed by atoms with E-state index in [4.69, 9.17) is 0 Å². The zero-order valence-electron chi connectivity index (χ0n) is 14.9. The fraction of sp³-hybridized carbons (Fsp3) is 0.857. The van der Waals surface area contributed by atoms with Crippen LogP contribution in [-0.2, 0) is 0 Å². The van der Waals surface area contributed by atoms with Crippen LogP contribution in [0.1, 0.15) is 26.7 Å². The van der Waals surface area contributed by atoms with Gasteiger partial charge in [0.25, 0.3) is 0 Å². The molecule has 0 aromatic heterocycles. The molecular weight excluding hydrogens is 491 g/mol. The Morgan fingerprint density at radius 3 is 0.935 bits per heavy atom. The van der Waals surface area contributed by atoms with Gasteiger partial charge in [-0.05, 0) is 18.8 Å². The second-order valence-corrected chi connectivity index (χ2v) is 6.59. The van der Waals surface area contributed by atoms with Crippen molar-refractivity contribution in [1.82, 2.24) is 0 Å². The monoisotopic (exact) mass is 502 g/mol. The highest BCUT2D eigenvalue weighted by Crippen LogP contribution is 2.63. The minimum atomic E-state index is -8.00. The Morgan fingerprint density at radius 1 is 0.516 bits per heavy atom. The molecule has 0 spiro atoms. The van der Waals surface area contributed by atoms with Crippen LogP contribution in [-0.4, -0.2) is 42.2 Å². The molecule has 0 saturated heterocycles. The summed E-state index contributed by atoms with van der Waals surface area (Å²) in [5.41, 5.74) is -25.1. The van der Waals surface area contributed by atoms with Crippen LogP contribution in [0.25, 0.3) is 0 Å². The van der Waals surface area contributed by atoms with E-state index in [1.54, 1.807) is 0 Å². The highest BCUT2D eigenvalue weighted by atomic mass is 19.4. The van der Waals surface area contributed by atoms with Gasteiger partial charge in [0, 0.05) is 11.1 Å². The van der Waals surface area contributed by atoms with Crippen LogP contribution < -0.4 is 0 Å². The number of rotatable bonds is 5. The Labute approximate surface area is 162 Å². The molecule has 0 fully saturated rings. The molecule has 0 nitrogen and oxygen atoms in total. The Balaban J connectivity index is 8.12. The van der Waals surface area contributed by atoms with Crippen molar-refractivity contribution in [3.63, 3.8) is 0 Å². The molecule has 0 aliphatic heterocycles. The average molecular weight is 502 g/mol. The SMILES string of the molecule is CC(C)CCC(=C(C(F)(C(F)(F)F)C(F)(F)F)C(F)(C(F)(F)F)C(F)(F)F)C(F)(F)F. The van der Waals surface area contributed by atoms with Crippen molar-refractivity contribution in [3.8, 4) is 0 Å². The lowest BCUT2D eigenvalue weighted by molar-refractivity contribution is -0.365. The zero-order chi connectivity index (χ0) is 25.6. The molecule has 0 aliphatic rings. The number of alkyl halides is 17. The topological polar surface area (TPSA) is 0 Å². The standard InChI is InChI=1S/C14H11F17/c1-5(2)3-4-6(10(17,18)19)7(8(15,11(20,21)22)12(23,24)25)9(16,13(26,27)28)14(29,30)31/h5H,3-4H2,1-2H3. The second kappa shape index (κ2) is 8.15. The molecule has 0 saturated carbocycles. The lowest BCUT2D eigenvalue weighted by atomic mass is 9.76. The third-order valence-electron chi connectivity index (χ3n) is 3.87. The molecule has 0 atom stereocenters. The van der Waals surface area contributed by atoms with Gasteiger partial charge in [-0.1, -0.05) is 13.8 Å². The van der Waals surface area contributed by atoms with Crippen molar-refractivity contribution < 1.29 is 74.6 Å². The van der Waals surface area contributed by atoms with Gasteiger partial charge >= 0.3 is 42.2 Å². The average Bonchev–Trinajstić information content (AvgIpc) is 2.43. The van der Waals surface area contributed by atoms with Gasteiger partial charge in [-0.2, -0.15) is 65.9 Å². The largest absolute Gasteiger partial charge is 0.435 e. The van der Waals surface area contributed by atoms with Gasteiger partial charge in [0.1, 0.15) is 0 Å². The Hall–Kier alpha value is -1.45. The maximum Gasteiger partial charge on any atom is 0.435 e. The van der Waals surface area contributed by atoms with E-state index >= 15 is 0 Å². The summed E-state index contributed by atoms with van der Waals surface area (Å²) < 4.78 is 223. The molecule has 0 unspecified atom stereocenters. The minimum Gasteiger partial charge on any atom is -0.218 e. The summed E-state index contributed by atoms with van der Waals surface area (Å²) in [5.74, 6) is -1.16. The molecule has 0 rings (SSSR count). The lowest BCUT2D eigenvalue weighted by Gasteiger charge is -2.42. The Morgan fingerprint density at radius 2 is 0.774 bits per heavy atom. The van der Waals surface area contributed by atoms with E-state index in [2.05, 4.69) is 0 Å². The number of hydrogen-bond acceptors (Lipinski definition) is 0. The number of halogens is 17. The Bertz CT molecular complexity index is 581. The molecule has 0 radical (unpaired) electrons. The van der Waals surface area contributed by atoms with E-state index in [9.17, 15) is 74.6 Å². The van der Waals surface area contributed by atoms with Gasteiger partial charge in [0.15, 0.2) is 0 Å². The van der Waals surface area contributed by atoms with E-state index in [1.165, 1.54) is 0 Å². The van der Waals surface area contributed by atoms with Gasteiger partial charge in [-0.3, -0.25) is 0 Å². The van der Waals surface area contributed by atoms with Crippen molar-refractivity contribution >= 4 is 0 Å². The third-order valence-corrected chi connectivity index (χ3v) is 3.87. The molecule has 0 N–H and O–H groups in total. The van der Waals surface area contributed by atoms with Gasteiger partial charge in [0.05, 0.1) is 0 Å². The molecular formula is C14H11F17. The van der Waals surface area contributed by atoms with Gasteiger partial charge < -0.3 is 0 Å². The smallest absolute Gasteiger partial charge is 0.218 e. The first kappa shape index (κ1) is 29.5. The third kappa shape index (κ3) is 5.31. The van der Waals surface area contributed by atoms with E-state index in [0.29, 0.717) is 0 Å². The van der Waals surface area contributed by atoms with Crippen LogP contribution in [0, 0.1) is 5.92 Å². The first-order valence-electron chi connectivity index (χ1n) is 7.63. The summed E-state index contributed by atoms with van der Waals surface area (Å²) in [7, 11) is 0. The van der Waals surface area contributed by atoms with E-state index in [1.807, 2.05) is 0 Å². The van der Waals surface area contributed by atoms with Crippen LogP contribution in [0.15, 0.2) is 11.1 Å². The van der Waals surface area contributed by atoms with Crippen molar-refractivity contribution in [2.24, 2.45) is 5.92 Å². The Kier molecular flexibility index (Phi) is 7.77. The zero-order valence-corrected chi connectivity index (χ0v) is 14.9. The molecule has 0 bridgehead atoms. The summed E-state index contributed by atoms with van der Waals surface area (Å²) in [5, 5.41) is 0. The van der Waals surface area contributed by atoms with Crippen LogP contribution in [0.4, 0.5) is 74.6 Å². The van der Waals surface area contributed by atoms with Crippen LogP contribution in [0.5, 0.6) is 0 Å². The van der Waals surface area contributed by atoms with E-state index < -0.39 is 72.1 Å². The lowest BCUT2D eigenvalue weighted by Crippen LogP contribution is -2.66. The molecule has 186 valence electrons. The first-order chi connectivity index (χ1) is 13.2.